The standard InChI is InChI=1S/C12H22O11/c13-1-3-5(14)8(17)10(19)12(23-3)21-2-4-6(15)7(16)9(18)11(20)22-4/h3-20H,1-2H2/t3-,4-,5-,6-,7+,8+,9-,10-,11-,12+/m1/s1. The molecule has 0 amide bonds. The van der Waals surface area contributed by atoms with E-state index >= 15 is 0 Å². The third-order valence-electron chi connectivity index (χ3n) is 3.96. The minimum absolute atomic E-state index is 0.468. The molecule has 0 aromatic heterocycles. The molecule has 11 heteroatoms. The molecule has 0 aromatic rings. The van der Waals surface area contributed by atoms with Crippen LogP contribution in [0.2, 0.25) is 0 Å². The molecule has 2 saturated heterocycles. The van der Waals surface area contributed by atoms with Gasteiger partial charge in [-0.25, -0.2) is 0 Å². The maximum atomic E-state index is 9.78. The van der Waals surface area contributed by atoms with E-state index in [0.717, 1.165) is 0 Å². The summed E-state index contributed by atoms with van der Waals surface area (Å²) in [7, 11) is 0. The van der Waals surface area contributed by atoms with Gasteiger partial charge in [0.2, 0.25) is 0 Å². The number of ether oxygens (including phenoxy) is 3. The average Bonchev–Trinajstić information content (AvgIpc) is 2.54. The zero-order chi connectivity index (χ0) is 17.3. The van der Waals surface area contributed by atoms with E-state index in [2.05, 4.69) is 0 Å². The highest BCUT2D eigenvalue weighted by Crippen LogP contribution is 2.24. The molecule has 2 heterocycles. The maximum absolute atomic E-state index is 9.78. The van der Waals surface area contributed by atoms with Gasteiger partial charge in [-0.05, 0) is 0 Å². The maximum Gasteiger partial charge on any atom is 0.186 e. The van der Waals surface area contributed by atoms with Crippen molar-refractivity contribution in [2.75, 3.05) is 13.2 Å². The van der Waals surface area contributed by atoms with Gasteiger partial charge in [0.15, 0.2) is 12.6 Å². The summed E-state index contributed by atoms with van der Waals surface area (Å²) >= 11 is 0. The van der Waals surface area contributed by atoms with Crippen molar-refractivity contribution in [1.29, 1.82) is 0 Å². The molecule has 10 atom stereocenters. The molecule has 0 unspecified atom stereocenters. The quantitative estimate of drug-likeness (QED) is 0.243. The molecule has 0 spiro atoms. The first-order valence-electron chi connectivity index (χ1n) is 7.07. The Morgan fingerprint density at radius 1 is 0.652 bits per heavy atom. The summed E-state index contributed by atoms with van der Waals surface area (Å²) in [6, 6.07) is 0. The number of aliphatic hydroxyl groups is 8. The molecule has 8 N–H and O–H groups in total. The van der Waals surface area contributed by atoms with Crippen LogP contribution < -0.4 is 0 Å². The lowest BCUT2D eigenvalue weighted by Crippen LogP contribution is -2.61. The first-order chi connectivity index (χ1) is 10.8. The van der Waals surface area contributed by atoms with Gasteiger partial charge < -0.3 is 55.1 Å². The lowest BCUT2D eigenvalue weighted by molar-refractivity contribution is -0.325. The zero-order valence-electron chi connectivity index (χ0n) is 12.0. The summed E-state index contributed by atoms with van der Waals surface area (Å²) < 4.78 is 15.1. The second kappa shape index (κ2) is 7.63. The highest BCUT2D eigenvalue weighted by atomic mass is 16.7. The minimum atomic E-state index is -1.74. The summed E-state index contributed by atoms with van der Waals surface area (Å²) in [5.74, 6) is 0. The number of hydrogen-bond acceptors (Lipinski definition) is 11. The lowest BCUT2D eigenvalue weighted by atomic mass is 9.98. The monoisotopic (exact) mass is 342 g/mol. The van der Waals surface area contributed by atoms with E-state index < -0.39 is 74.6 Å². The van der Waals surface area contributed by atoms with Crippen molar-refractivity contribution >= 4 is 0 Å². The van der Waals surface area contributed by atoms with E-state index in [1.54, 1.807) is 0 Å². The Balaban J connectivity index is 1.94. The average molecular weight is 342 g/mol. The molecular formula is C12H22O11. The fraction of sp³-hybridized carbons (Fsp3) is 1.00. The van der Waals surface area contributed by atoms with Gasteiger partial charge in [0.05, 0.1) is 13.2 Å². The molecule has 11 nitrogen and oxygen atoms in total. The number of rotatable bonds is 4. The third kappa shape index (κ3) is 3.81. The molecule has 0 radical (unpaired) electrons. The van der Waals surface area contributed by atoms with Gasteiger partial charge >= 0.3 is 0 Å². The van der Waals surface area contributed by atoms with Crippen molar-refractivity contribution in [3.05, 3.63) is 0 Å². The normalized spacial score (nSPS) is 51.7. The van der Waals surface area contributed by atoms with Gasteiger partial charge in [-0.2, -0.15) is 0 Å². The summed E-state index contributed by atoms with van der Waals surface area (Å²) in [6.45, 7) is -1.10. The van der Waals surface area contributed by atoms with Crippen molar-refractivity contribution < 1.29 is 55.1 Å². The first-order valence-corrected chi connectivity index (χ1v) is 7.07. The topological polar surface area (TPSA) is 190 Å². The van der Waals surface area contributed by atoms with E-state index in [1.165, 1.54) is 0 Å². The molecule has 136 valence electrons. The molecular weight excluding hydrogens is 320 g/mol. The van der Waals surface area contributed by atoms with Crippen molar-refractivity contribution in [3.63, 3.8) is 0 Å². The van der Waals surface area contributed by atoms with Gasteiger partial charge in [0, 0.05) is 0 Å². The second-order valence-corrected chi connectivity index (χ2v) is 5.57. The van der Waals surface area contributed by atoms with Crippen molar-refractivity contribution in [2.24, 2.45) is 0 Å². The van der Waals surface area contributed by atoms with Crippen LogP contribution >= 0.6 is 0 Å². The first kappa shape index (κ1) is 18.9. The molecule has 0 bridgehead atoms. The second-order valence-electron chi connectivity index (χ2n) is 5.57. The van der Waals surface area contributed by atoms with Crippen LogP contribution in [-0.4, -0.2) is 115 Å². The predicted molar refractivity (Wildman–Crippen MR) is 68.6 cm³/mol. The van der Waals surface area contributed by atoms with Gasteiger partial charge in [-0.1, -0.05) is 0 Å². The van der Waals surface area contributed by atoms with Gasteiger partial charge in [0.25, 0.3) is 0 Å². The third-order valence-corrected chi connectivity index (χ3v) is 3.96. The van der Waals surface area contributed by atoms with E-state index in [1.807, 2.05) is 0 Å². The Bertz CT molecular complexity index is 380. The van der Waals surface area contributed by atoms with E-state index in [9.17, 15) is 35.7 Å². The van der Waals surface area contributed by atoms with Crippen LogP contribution in [0.25, 0.3) is 0 Å². The molecule has 2 aliphatic rings. The van der Waals surface area contributed by atoms with Crippen LogP contribution in [0.4, 0.5) is 0 Å². The molecule has 0 aromatic carbocycles. The lowest BCUT2D eigenvalue weighted by Gasteiger charge is -2.41. The van der Waals surface area contributed by atoms with E-state index in [0.29, 0.717) is 0 Å². The highest BCUT2D eigenvalue weighted by molar-refractivity contribution is 4.91. The minimum Gasteiger partial charge on any atom is -0.394 e. The number of aliphatic hydroxyl groups excluding tert-OH is 8. The largest absolute Gasteiger partial charge is 0.394 e. The van der Waals surface area contributed by atoms with E-state index in [-0.39, 0.29) is 0 Å². The van der Waals surface area contributed by atoms with Crippen molar-refractivity contribution in [3.8, 4) is 0 Å². The Morgan fingerprint density at radius 2 is 1.22 bits per heavy atom. The Kier molecular flexibility index (Phi) is 6.27. The highest BCUT2D eigenvalue weighted by Gasteiger charge is 2.46. The molecule has 2 fully saturated rings. The predicted octanol–water partition coefficient (Wildman–Crippen LogP) is -5.40. The molecule has 2 rings (SSSR count). The van der Waals surface area contributed by atoms with Gasteiger partial charge in [-0.15, -0.1) is 0 Å². The summed E-state index contributed by atoms with van der Waals surface area (Å²) in [5, 5.41) is 76.1. The molecule has 2 aliphatic heterocycles. The van der Waals surface area contributed by atoms with Crippen LogP contribution in [0.5, 0.6) is 0 Å². The molecule has 0 saturated carbocycles. The van der Waals surface area contributed by atoms with Crippen molar-refractivity contribution in [2.45, 2.75) is 61.4 Å². The van der Waals surface area contributed by atoms with Crippen LogP contribution in [0, 0.1) is 0 Å². The summed E-state index contributed by atoms with van der Waals surface area (Å²) in [6.07, 6.45) is -15.3. The van der Waals surface area contributed by atoms with Crippen LogP contribution in [0.15, 0.2) is 0 Å². The van der Waals surface area contributed by atoms with E-state index in [4.69, 9.17) is 19.3 Å². The van der Waals surface area contributed by atoms with Gasteiger partial charge in [0.1, 0.15) is 48.8 Å². The SMILES string of the molecule is OC[C@H]1O[C@H](OC[C@H]2O[C@@H](O)[C@H](O)[C@@H](O)[C@@H]2O)[C@H](O)[C@@H](O)[C@@H]1O. The van der Waals surface area contributed by atoms with Crippen LogP contribution in [0.1, 0.15) is 0 Å². The fourth-order valence-corrected chi connectivity index (χ4v) is 2.46. The molecule has 0 aliphatic carbocycles. The Morgan fingerprint density at radius 3 is 1.83 bits per heavy atom. The smallest absolute Gasteiger partial charge is 0.186 e. The van der Waals surface area contributed by atoms with Crippen LogP contribution in [0.3, 0.4) is 0 Å². The Labute approximate surface area is 130 Å². The van der Waals surface area contributed by atoms with Crippen LogP contribution in [-0.2, 0) is 14.2 Å². The Hall–Kier alpha value is -0.440. The number of hydrogen-bond donors (Lipinski definition) is 8. The summed E-state index contributed by atoms with van der Waals surface area (Å²) in [4.78, 5) is 0. The summed E-state index contributed by atoms with van der Waals surface area (Å²) in [5.41, 5.74) is 0. The fourth-order valence-electron chi connectivity index (χ4n) is 2.46. The zero-order valence-corrected chi connectivity index (χ0v) is 12.0. The molecule has 23 heavy (non-hydrogen) atoms. The van der Waals surface area contributed by atoms with Gasteiger partial charge in [-0.3, -0.25) is 0 Å². The van der Waals surface area contributed by atoms with Crippen molar-refractivity contribution in [1.82, 2.24) is 0 Å².